The molecule has 132 valence electrons. The molecule has 0 atom stereocenters. The lowest BCUT2D eigenvalue weighted by atomic mass is 9.99. The maximum atomic E-state index is 12.6. The predicted octanol–water partition coefficient (Wildman–Crippen LogP) is 3.09. The molecule has 27 heavy (non-hydrogen) atoms. The maximum Gasteiger partial charge on any atom is 0.293 e. The molecule has 3 N–H and O–H groups in total. The number of H-pyrrole nitrogens is 2. The Kier molecular flexibility index (Phi) is 3.29. The SMILES string of the molecule is Cn1ncnc1C(=O)Nc1cc(-c2cccc3[nH]ccc23)cc2[nH]ncc12. The summed E-state index contributed by atoms with van der Waals surface area (Å²) >= 11 is 0. The number of carbonyl (C=O) groups excluding carboxylic acids is 1. The van der Waals surface area contributed by atoms with Gasteiger partial charge in [-0.1, -0.05) is 12.1 Å². The van der Waals surface area contributed by atoms with Gasteiger partial charge >= 0.3 is 0 Å². The minimum atomic E-state index is -0.325. The molecule has 0 saturated heterocycles. The molecule has 0 bridgehead atoms. The van der Waals surface area contributed by atoms with E-state index in [1.165, 1.54) is 11.0 Å². The van der Waals surface area contributed by atoms with E-state index >= 15 is 0 Å². The second-order valence-electron chi connectivity index (χ2n) is 6.26. The Morgan fingerprint density at radius 1 is 1.15 bits per heavy atom. The van der Waals surface area contributed by atoms with Crippen molar-refractivity contribution < 1.29 is 4.79 Å². The second-order valence-corrected chi connectivity index (χ2v) is 6.26. The minimum Gasteiger partial charge on any atom is -0.361 e. The summed E-state index contributed by atoms with van der Waals surface area (Å²) in [6, 6.07) is 12.1. The average Bonchev–Trinajstić information content (AvgIpc) is 3.40. The van der Waals surface area contributed by atoms with Crippen LogP contribution in [0.4, 0.5) is 5.69 Å². The molecular formula is C19H15N7O. The molecule has 0 radical (unpaired) electrons. The van der Waals surface area contributed by atoms with Crippen molar-refractivity contribution in [1.29, 1.82) is 0 Å². The van der Waals surface area contributed by atoms with Crippen molar-refractivity contribution in [3.8, 4) is 11.1 Å². The van der Waals surface area contributed by atoms with Crippen molar-refractivity contribution in [2.75, 3.05) is 5.32 Å². The highest BCUT2D eigenvalue weighted by Gasteiger charge is 2.16. The van der Waals surface area contributed by atoms with Crippen molar-refractivity contribution in [1.82, 2.24) is 29.9 Å². The van der Waals surface area contributed by atoms with Gasteiger partial charge < -0.3 is 10.3 Å². The van der Waals surface area contributed by atoms with Crippen molar-refractivity contribution in [2.24, 2.45) is 7.05 Å². The van der Waals surface area contributed by atoms with Gasteiger partial charge in [-0.2, -0.15) is 10.2 Å². The maximum absolute atomic E-state index is 12.6. The first-order valence-electron chi connectivity index (χ1n) is 8.39. The third-order valence-corrected chi connectivity index (χ3v) is 4.63. The van der Waals surface area contributed by atoms with Crippen LogP contribution in [-0.4, -0.2) is 35.9 Å². The smallest absolute Gasteiger partial charge is 0.293 e. The zero-order chi connectivity index (χ0) is 18.4. The average molecular weight is 357 g/mol. The Hall–Kier alpha value is -3.94. The lowest BCUT2D eigenvalue weighted by Crippen LogP contribution is -2.17. The van der Waals surface area contributed by atoms with E-state index in [-0.39, 0.29) is 11.7 Å². The molecule has 2 aromatic carbocycles. The van der Waals surface area contributed by atoms with Gasteiger partial charge in [0.2, 0.25) is 5.82 Å². The summed E-state index contributed by atoms with van der Waals surface area (Å²) < 4.78 is 1.44. The second kappa shape index (κ2) is 5.80. The molecule has 3 heterocycles. The molecular weight excluding hydrogens is 342 g/mol. The minimum absolute atomic E-state index is 0.241. The fraction of sp³-hybridized carbons (Fsp3) is 0.0526. The fourth-order valence-electron chi connectivity index (χ4n) is 3.33. The van der Waals surface area contributed by atoms with E-state index in [0.717, 1.165) is 32.9 Å². The van der Waals surface area contributed by atoms with E-state index in [1.807, 2.05) is 36.5 Å². The van der Waals surface area contributed by atoms with Crippen LogP contribution in [0.25, 0.3) is 32.9 Å². The van der Waals surface area contributed by atoms with Crippen LogP contribution in [0.15, 0.2) is 55.1 Å². The molecule has 0 aliphatic rings. The van der Waals surface area contributed by atoms with Gasteiger partial charge in [-0.15, -0.1) is 0 Å². The van der Waals surface area contributed by atoms with Crippen LogP contribution in [0, 0.1) is 0 Å². The van der Waals surface area contributed by atoms with Crippen LogP contribution in [0.2, 0.25) is 0 Å². The summed E-state index contributed by atoms with van der Waals surface area (Å²) in [5.74, 6) is -0.0840. The highest BCUT2D eigenvalue weighted by Crippen LogP contribution is 2.34. The van der Waals surface area contributed by atoms with Crippen molar-refractivity contribution in [3.63, 3.8) is 0 Å². The number of carbonyl (C=O) groups is 1. The van der Waals surface area contributed by atoms with Gasteiger partial charge in [0.05, 0.1) is 17.4 Å². The number of hydrogen-bond acceptors (Lipinski definition) is 4. The molecule has 0 spiro atoms. The predicted molar refractivity (Wildman–Crippen MR) is 102 cm³/mol. The molecule has 5 aromatic rings. The van der Waals surface area contributed by atoms with Gasteiger partial charge in [-0.3, -0.25) is 9.89 Å². The molecule has 8 nitrogen and oxygen atoms in total. The zero-order valence-corrected chi connectivity index (χ0v) is 14.4. The molecule has 0 aliphatic heterocycles. The van der Waals surface area contributed by atoms with Crippen LogP contribution in [0.5, 0.6) is 0 Å². The summed E-state index contributed by atoms with van der Waals surface area (Å²) in [4.78, 5) is 19.8. The van der Waals surface area contributed by atoms with Gasteiger partial charge in [-0.25, -0.2) is 9.67 Å². The Morgan fingerprint density at radius 3 is 2.93 bits per heavy atom. The summed E-state index contributed by atoms with van der Waals surface area (Å²) in [5.41, 5.74) is 4.61. The largest absolute Gasteiger partial charge is 0.361 e. The van der Waals surface area contributed by atoms with E-state index in [1.54, 1.807) is 13.2 Å². The Labute approximate surface area is 153 Å². The molecule has 8 heteroatoms. The number of fused-ring (bicyclic) bond motifs is 2. The summed E-state index contributed by atoms with van der Waals surface area (Å²) in [7, 11) is 1.68. The van der Waals surface area contributed by atoms with E-state index in [2.05, 4.69) is 36.6 Å². The Morgan fingerprint density at radius 2 is 2.07 bits per heavy atom. The highest BCUT2D eigenvalue weighted by atomic mass is 16.2. The van der Waals surface area contributed by atoms with Crippen molar-refractivity contribution in [2.45, 2.75) is 0 Å². The quantitative estimate of drug-likeness (QED) is 0.461. The zero-order valence-electron chi connectivity index (χ0n) is 14.4. The number of aromatic amines is 2. The first-order chi connectivity index (χ1) is 13.2. The molecule has 0 unspecified atom stereocenters. The first kappa shape index (κ1) is 15.3. The monoisotopic (exact) mass is 357 g/mol. The number of aryl methyl sites for hydroxylation is 1. The number of anilines is 1. The van der Waals surface area contributed by atoms with E-state index in [9.17, 15) is 4.79 Å². The number of nitrogens with one attached hydrogen (secondary N) is 3. The molecule has 0 aliphatic carbocycles. The molecule has 0 fully saturated rings. The first-order valence-corrected chi connectivity index (χ1v) is 8.39. The van der Waals surface area contributed by atoms with E-state index in [4.69, 9.17) is 0 Å². The molecule has 1 amide bonds. The number of amides is 1. The van der Waals surface area contributed by atoms with E-state index < -0.39 is 0 Å². The lowest BCUT2D eigenvalue weighted by molar-refractivity contribution is 0.101. The normalized spacial score (nSPS) is 11.3. The van der Waals surface area contributed by atoms with Crippen molar-refractivity contribution >= 4 is 33.4 Å². The summed E-state index contributed by atoms with van der Waals surface area (Å²) in [6.45, 7) is 0. The van der Waals surface area contributed by atoms with Gasteiger partial charge in [0.1, 0.15) is 6.33 Å². The van der Waals surface area contributed by atoms with Crippen LogP contribution in [-0.2, 0) is 7.05 Å². The molecule has 5 rings (SSSR count). The number of nitrogens with zero attached hydrogens (tertiary/aromatic N) is 4. The molecule has 0 saturated carbocycles. The van der Waals surface area contributed by atoms with Gasteiger partial charge in [0.15, 0.2) is 0 Å². The summed E-state index contributed by atoms with van der Waals surface area (Å²) in [6.07, 6.45) is 4.97. The van der Waals surface area contributed by atoms with Crippen LogP contribution < -0.4 is 5.32 Å². The third-order valence-electron chi connectivity index (χ3n) is 4.63. The number of aromatic nitrogens is 6. The summed E-state index contributed by atoms with van der Waals surface area (Å²) in [5, 5.41) is 15.9. The number of hydrogen-bond donors (Lipinski definition) is 3. The molecule has 3 aromatic heterocycles. The highest BCUT2D eigenvalue weighted by molar-refractivity contribution is 6.09. The topological polar surface area (TPSA) is 104 Å². The lowest BCUT2D eigenvalue weighted by Gasteiger charge is -2.10. The van der Waals surface area contributed by atoms with Gasteiger partial charge in [0, 0.05) is 29.5 Å². The fourth-order valence-corrected chi connectivity index (χ4v) is 3.33. The van der Waals surface area contributed by atoms with Gasteiger partial charge in [0.25, 0.3) is 5.91 Å². The van der Waals surface area contributed by atoms with Gasteiger partial charge in [-0.05, 0) is 35.4 Å². The number of benzene rings is 2. The Balaban J connectivity index is 1.65. The van der Waals surface area contributed by atoms with Crippen LogP contribution in [0.3, 0.4) is 0 Å². The Bertz CT molecular complexity index is 1290. The van der Waals surface area contributed by atoms with Crippen LogP contribution in [0.1, 0.15) is 10.6 Å². The third kappa shape index (κ3) is 2.46. The number of rotatable bonds is 3. The standard InChI is InChI=1S/C19H15N7O/c1-26-18(21-10-23-26)19(27)24-16-7-11(8-17-14(16)9-22-25-17)12-3-2-4-15-13(12)5-6-20-15/h2-10,20H,1H3,(H,22,25)(H,24,27). The van der Waals surface area contributed by atoms with E-state index in [0.29, 0.717) is 5.69 Å². The van der Waals surface area contributed by atoms with Crippen LogP contribution >= 0.6 is 0 Å². The van der Waals surface area contributed by atoms with Crippen molar-refractivity contribution in [3.05, 3.63) is 60.9 Å².